The molecule has 2 aromatic carbocycles. The lowest BCUT2D eigenvalue weighted by Gasteiger charge is -2.18. The van der Waals surface area contributed by atoms with E-state index in [0.717, 1.165) is 5.56 Å². The molecule has 1 heterocycles. The summed E-state index contributed by atoms with van der Waals surface area (Å²) < 4.78 is 12.2. The second-order valence-corrected chi connectivity index (χ2v) is 6.95. The van der Waals surface area contributed by atoms with Gasteiger partial charge in [-0.2, -0.15) is 0 Å². The predicted octanol–water partition coefficient (Wildman–Crippen LogP) is 2.31. The minimum Gasteiger partial charge on any atom is -0.481 e. The number of ether oxygens (including phenoxy) is 2. The van der Waals surface area contributed by atoms with Crippen molar-refractivity contribution in [2.24, 2.45) is 0 Å². The Hall–Kier alpha value is -4.07. The van der Waals surface area contributed by atoms with E-state index in [1.165, 1.54) is 14.2 Å². The number of esters is 1. The minimum absolute atomic E-state index is 0.204. The van der Waals surface area contributed by atoms with E-state index < -0.39 is 17.9 Å². The first-order chi connectivity index (χ1) is 15.5. The van der Waals surface area contributed by atoms with Gasteiger partial charge >= 0.3 is 5.97 Å². The summed E-state index contributed by atoms with van der Waals surface area (Å²) in [6.45, 7) is 0.0628. The van der Waals surface area contributed by atoms with E-state index >= 15 is 0 Å². The first kappa shape index (κ1) is 22.6. The van der Waals surface area contributed by atoms with Crippen LogP contribution in [0.5, 0.6) is 5.75 Å². The Morgan fingerprint density at radius 3 is 2.25 bits per heavy atom. The number of hydrogen-bond acceptors (Lipinski definition) is 5. The van der Waals surface area contributed by atoms with Crippen LogP contribution in [0.1, 0.15) is 27.7 Å². The van der Waals surface area contributed by atoms with Crippen LogP contribution in [0.3, 0.4) is 0 Å². The van der Waals surface area contributed by atoms with Crippen molar-refractivity contribution in [2.75, 3.05) is 20.8 Å². The second kappa shape index (κ2) is 10.8. The van der Waals surface area contributed by atoms with Crippen molar-refractivity contribution >= 4 is 17.8 Å². The maximum absolute atomic E-state index is 12.5. The van der Waals surface area contributed by atoms with E-state index in [-0.39, 0.29) is 24.0 Å². The van der Waals surface area contributed by atoms with Crippen molar-refractivity contribution in [3.8, 4) is 5.75 Å². The van der Waals surface area contributed by atoms with Gasteiger partial charge in [-0.15, -0.1) is 0 Å². The van der Waals surface area contributed by atoms with E-state index in [1.54, 1.807) is 41.1 Å². The van der Waals surface area contributed by atoms with Crippen LogP contribution in [-0.2, 0) is 20.9 Å². The molecule has 0 saturated carbocycles. The molecule has 2 N–H and O–H groups in total. The Balaban J connectivity index is 1.72. The molecule has 166 valence electrons. The molecule has 0 aliphatic rings. The van der Waals surface area contributed by atoms with Crippen LogP contribution in [0.4, 0.5) is 0 Å². The lowest BCUT2D eigenvalue weighted by Crippen LogP contribution is -2.41. The van der Waals surface area contributed by atoms with Crippen molar-refractivity contribution < 1.29 is 23.9 Å². The van der Waals surface area contributed by atoms with Gasteiger partial charge < -0.3 is 24.7 Å². The summed E-state index contributed by atoms with van der Waals surface area (Å²) >= 11 is 0. The molecule has 3 aromatic rings. The third kappa shape index (κ3) is 5.54. The number of amides is 2. The number of carbonyl (C=O) groups excluding carboxylic acids is 3. The molecular weight excluding hydrogens is 410 g/mol. The third-order valence-corrected chi connectivity index (χ3v) is 4.81. The summed E-state index contributed by atoms with van der Waals surface area (Å²) in [4.78, 5) is 37.1. The van der Waals surface area contributed by atoms with Crippen molar-refractivity contribution in [2.45, 2.75) is 12.6 Å². The summed E-state index contributed by atoms with van der Waals surface area (Å²) in [6.07, 6.45) is 1.70. The van der Waals surface area contributed by atoms with Crippen molar-refractivity contribution in [3.63, 3.8) is 0 Å². The molecule has 0 fully saturated rings. The van der Waals surface area contributed by atoms with Crippen LogP contribution >= 0.6 is 0 Å². The number of hydrogen-bond donors (Lipinski definition) is 2. The lowest BCUT2D eigenvalue weighted by atomic mass is 10.1. The Morgan fingerprint density at radius 2 is 1.62 bits per heavy atom. The predicted molar refractivity (Wildman–Crippen MR) is 118 cm³/mol. The molecule has 0 unspecified atom stereocenters. The van der Waals surface area contributed by atoms with Crippen LogP contribution in [-0.4, -0.2) is 43.1 Å². The summed E-state index contributed by atoms with van der Waals surface area (Å²) in [5.41, 5.74) is 1.84. The molecule has 1 aromatic heterocycles. The Labute approximate surface area is 186 Å². The topological polar surface area (TPSA) is 98.7 Å². The molecule has 1 atom stereocenters. The molecule has 2 amide bonds. The normalized spacial score (nSPS) is 11.3. The zero-order valence-corrected chi connectivity index (χ0v) is 17.9. The highest BCUT2D eigenvalue weighted by Gasteiger charge is 2.23. The van der Waals surface area contributed by atoms with Gasteiger partial charge in [0.25, 0.3) is 5.91 Å². The number of carbonyl (C=O) groups is 3. The highest BCUT2D eigenvalue weighted by atomic mass is 16.5. The zero-order chi connectivity index (χ0) is 22.9. The quantitative estimate of drug-likeness (QED) is 0.503. The fourth-order valence-corrected chi connectivity index (χ4v) is 3.23. The molecule has 32 heavy (non-hydrogen) atoms. The largest absolute Gasteiger partial charge is 0.481 e. The van der Waals surface area contributed by atoms with E-state index in [2.05, 4.69) is 10.6 Å². The van der Waals surface area contributed by atoms with E-state index in [0.29, 0.717) is 12.1 Å². The fourth-order valence-electron chi connectivity index (χ4n) is 3.23. The molecule has 8 nitrogen and oxygen atoms in total. The summed E-state index contributed by atoms with van der Waals surface area (Å²) in [5.74, 6) is -1.21. The van der Waals surface area contributed by atoms with Gasteiger partial charge in [-0.3, -0.25) is 9.59 Å². The highest BCUT2D eigenvalue weighted by molar-refractivity contribution is 5.91. The molecule has 3 rings (SSSR count). The van der Waals surface area contributed by atoms with E-state index in [4.69, 9.17) is 9.47 Å². The Bertz CT molecular complexity index is 1060. The smallest absolute Gasteiger partial charge is 0.358 e. The van der Waals surface area contributed by atoms with Crippen LogP contribution in [0.25, 0.3) is 0 Å². The number of nitrogens with zero attached hydrogens (tertiary/aromatic N) is 1. The molecule has 0 bridgehead atoms. The van der Waals surface area contributed by atoms with Gasteiger partial charge in [0.05, 0.1) is 7.11 Å². The van der Waals surface area contributed by atoms with Crippen molar-refractivity contribution in [3.05, 3.63) is 89.7 Å². The van der Waals surface area contributed by atoms with Crippen LogP contribution in [0.15, 0.2) is 72.9 Å². The van der Waals surface area contributed by atoms with Gasteiger partial charge in [0, 0.05) is 19.8 Å². The summed E-state index contributed by atoms with van der Waals surface area (Å²) in [6, 6.07) is 19.3. The number of rotatable bonds is 9. The summed E-state index contributed by atoms with van der Waals surface area (Å²) in [7, 11) is 2.78. The zero-order valence-electron chi connectivity index (χ0n) is 17.9. The second-order valence-electron chi connectivity index (χ2n) is 6.95. The van der Waals surface area contributed by atoms with E-state index in [1.807, 2.05) is 36.4 Å². The number of methoxy groups -OCH3 is 1. The highest BCUT2D eigenvalue weighted by Crippen LogP contribution is 2.22. The Morgan fingerprint density at radius 1 is 0.969 bits per heavy atom. The molecule has 0 radical (unpaired) electrons. The minimum atomic E-state index is -0.861. The molecule has 0 saturated heterocycles. The van der Waals surface area contributed by atoms with E-state index in [9.17, 15) is 14.4 Å². The number of benzene rings is 2. The lowest BCUT2D eigenvalue weighted by molar-refractivity contribution is -0.129. The van der Waals surface area contributed by atoms with Gasteiger partial charge in [-0.05, 0) is 17.2 Å². The number of aromatic nitrogens is 1. The Kier molecular flexibility index (Phi) is 7.64. The van der Waals surface area contributed by atoms with Crippen LogP contribution in [0, 0.1) is 0 Å². The molecule has 8 heteroatoms. The van der Waals surface area contributed by atoms with Gasteiger partial charge in [0.1, 0.15) is 6.04 Å². The SMILES string of the molecule is CNC(=O)[C@@H](NC(=O)COc1ccn(Cc2ccccc2)c1C(=O)OC)c1ccccc1. The maximum atomic E-state index is 12.5. The van der Waals surface area contributed by atoms with Gasteiger partial charge in [-0.1, -0.05) is 60.7 Å². The van der Waals surface area contributed by atoms with Crippen molar-refractivity contribution in [1.29, 1.82) is 0 Å². The monoisotopic (exact) mass is 435 g/mol. The fraction of sp³-hybridized carbons (Fsp3) is 0.208. The van der Waals surface area contributed by atoms with Crippen LogP contribution < -0.4 is 15.4 Å². The summed E-state index contributed by atoms with van der Waals surface area (Å²) in [5, 5.41) is 5.21. The number of likely N-dealkylation sites (N-methyl/N-ethyl adjacent to an activating group) is 1. The average molecular weight is 435 g/mol. The standard InChI is InChI=1S/C24H25N3O5/c1-25-23(29)21(18-11-7-4-8-12-18)26-20(28)16-32-19-13-14-27(22(19)24(30)31-2)15-17-9-5-3-6-10-17/h3-14,21H,15-16H2,1-2H3,(H,25,29)(H,26,28)/t21-/m0/s1. The third-order valence-electron chi connectivity index (χ3n) is 4.81. The first-order valence-corrected chi connectivity index (χ1v) is 10.0. The first-order valence-electron chi connectivity index (χ1n) is 10.0. The molecule has 0 aliphatic heterocycles. The molecular formula is C24H25N3O5. The van der Waals surface area contributed by atoms with Crippen molar-refractivity contribution in [1.82, 2.24) is 15.2 Å². The van der Waals surface area contributed by atoms with Gasteiger partial charge in [0.15, 0.2) is 18.1 Å². The van der Waals surface area contributed by atoms with Gasteiger partial charge in [-0.25, -0.2) is 4.79 Å². The molecule has 0 spiro atoms. The van der Waals surface area contributed by atoms with Crippen LogP contribution in [0.2, 0.25) is 0 Å². The van der Waals surface area contributed by atoms with Gasteiger partial charge in [0.2, 0.25) is 5.91 Å². The molecule has 0 aliphatic carbocycles. The maximum Gasteiger partial charge on any atom is 0.358 e. The number of nitrogens with one attached hydrogen (secondary N) is 2. The average Bonchev–Trinajstić information content (AvgIpc) is 3.23.